The molecule has 5 nitrogen and oxygen atoms in total. The molecule has 0 spiro atoms. The van der Waals surface area contributed by atoms with Crippen LogP contribution in [0.2, 0.25) is 0 Å². The van der Waals surface area contributed by atoms with Gasteiger partial charge in [0.15, 0.2) is 0 Å². The zero-order valence-electron chi connectivity index (χ0n) is 20.9. The summed E-state index contributed by atoms with van der Waals surface area (Å²) in [6, 6.07) is 7.01. The van der Waals surface area contributed by atoms with E-state index >= 15 is 0 Å². The first-order valence-corrected chi connectivity index (χ1v) is 12.8. The van der Waals surface area contributed by atoms with E-state index in [0.29, 0.717) is 36.4 Å². The van der Waals surface area contributed by atoms with Crippen LogP contribution in [0.4, 0.5) is 0 Å². The number of rotatable bonds is 6. The van der Waals surface area contributed by atoms with Crippen molar-refractivity contribution in [1.29, 1.82) is 0 Å². The maximum Gasteiger partial charge on any atom is 0.255 e. The standard InChI is InChI=1S/C28H41N3O2/c1-18-10-13-25(26(32)30-18)31-17-22-15-20(11-12-23(22)27(31)33)14-21-8-6-7-9-24(21)29-19(2)16-28(3,4)5/h11-12,15,19,21,24-25,29H,1,6-10,13-14,16-17H2,2-5H3,(H,30,32)/t19-,21+,24-,25?/m0/s1. The van der Waals surface area contributed by atoms with Gasteiger partial charge in [-0.3, -0.25) is 9.59 Å². The third kappa shape index (κ3) is 5.68. The summed E-state index contributed by atoms with van der Waals surface area (Å²) in [5, 5.41) is 6.77. The Labute approximate surface area is 199 Å². The average molecular weight is 452 g/mol. The van der Waals surface area contributed by atoms with Gasteiger partial charge in [-0.05, 0) is 74.0 Å². The number of nitrogens with one attached hydrogen (secondary N) is 2. The molecule has 2 aliphatic heterocycles. The maximum atomic E-state index is 13.0. The van der Waals surface area contributed by atoms with E-state index in [2.05, 4.69) is 57.0 Å². The number of carbonyl (C=O) groups is 2. The zero-order valence-corrected chi connectivity index (χ0v) is 20.9. The van der Waals surface area contributed by atoms with Crippen LogP contribution in [0.3, 0.4) is 0 Å². The fourth-order valence-corrected chi connectivity index (χ4v) is 6.15. The summed E-state index contributed by atoms with van der Waals surface area (Å²) in [4.78, 5) is 27.2. The van der Waals surface area contributed by atoms with Crippen molar-refractivity contribution in [3.8, 4) is 0 Å². The predicted octanol–water partition coefficient (Wildman–Crippen LogP) is 4.95. The van der Waals surface area contributed by atoms with Crippen LogP contribution >= 0.6 is 0 Å². The number of carbonyl (C=O) groups excluding carboxylic acids is 2. The van der Waals surface area contributed by atoms with Gasteiger partial charge in [-0.2, -0.15) is 0 Å². The minimum atomic E-state index is -0.393. The Kier molecular flexibility index (Phi) is 6.99. The molecule has 180 valence electrons. The van der Waals surface area contributed by atoms with Crippen molar-refractivity contribution < 1.29 is 9.59 Å². The first kappa shape index (κ1) is 24.0. The number of fused-ring (bicyclic) bond motifs is 1. The van der Waals surface area contributed by atoms with Crippen LogP contribution in [-0.4, -0.2) is 34.8 Å². The molecule has 0 aromatic heterocycles. The van der Waals surface area contributed by atoms with E-state index in [1.807, 2.05) is 6.07 Å². The lowest BCUT2D eigenvalue weighted by molar-refractivity contribution is -0.126. The Morgan fingerprint density at radius 2 is 1.94 bits per heavy atom. The van der Waals surface area contributed by atoms with Crippen molar-refractivity contribution in [1.82, 2.24) is 15.5 Å². The Balaban J connectivity index is 1.42. The van der Waals surface area contributed by atoms with Crippen LogP contribution in [0.25, 0.3) is 0 Å². The van der Waals surface area contributed by atoms with Gasteiger partial charge in [0.1, 0.15) is 6.04 Å². The van der Waals surface area contributed by atoms with Gasteiger partial charge in [-0.15, -0.1) is 0 Å². The summed E-state index contributed by atoms with van der Waals surface area (Å²) in [6.45, 7) is 13.6. The molecule has 4 atom stereocenters. The molecule has 1 aliphatic carbocycles. The third-order valence-corrected chi connectivity index (χ3v) is 7.52. The fourth-order valence-electron chi connectivity index (χ4n) is 6.15. The van der Waals surface area contributed by atoms with Crippen molar-refractivity contribution in [2.45, 2.75) is 104 Å². The highest BCUT2D eigenvalue weighted by atomic mass is 16.2. The number of allylic oxidation sites excluding steroid dienone is 1. The molecule has 0 bridgehead atoms. The van der Waals surface area contributed by atoms with E-state index in [1.54, 1.807) is 4.90 Å². The maximum absolute atomic E-state index is 13.0. The molecule has 2 amide bonds. The van der Waals surface area contributed by atoms with Crippen LogP contribution in [-0.2, 0) is 17.8 Å². The second-order valence-corrected chi connectivity index (χ2v) is 11.8. The molecular formula is C28H41N3O2. The van der Waals surface area contributed by atoms with E-state index < -0.39 is 6.04 Å². The predicted molar refractivity (Wildman–Crippen MR) is 133 cm³/mol. The topological polar surface area (TPSA) is 61.4 Å². The highest BCUT2D eigenvalue weighted by molar-refractivity contribution is 6.01. The van der Waals surface area contributed by atoms with E-state index in [0.717, 1.165) is 29.7 Å². The Morgan fingerprint density at radius 3 is 2.67 bits per heavy atom. The molecule has 1 saturated carbocycles. The molecule has 1 unspecified atom stereocenters. The van der Waals surface area contributed by atoms with Crippen molar-refractivity contribution >= 4 is 11.8 Å². The van der Waals surface area contributed by atoms with Gasteiger partial charge in [0.2, 0.25) is 5.91 Å². The van der Waals surface area contributed by atoms with Gasteiger partial charge in [-0.1, -0.05) is 52.3 Å². The Bertz CT molecular complexity index is 916. The fraction of sp³-hybridized carbons (Fsp3) is 0.643. The molecule has 5 heteroatoms. The van der Waals surface area contributed by atoms with E-state index in [4.69, 9.17) is 0 Å². The lowest BCUT2D eigenvalue weighted by Gasteiger charge is -2.36. The van der Waals surface area contributed by atoms with Crippen molar-refractivity contribution in [3.63, 3.8) is 0 Å². The monoisotopic (exact) mass is 451 g/mol. The van der Waals surface area contributed by atoms with Crippen LogP contribution in [0, 0.1) is 11.3 Å². The van der Waals surface area contributed by atoms with Crippen LogP contribution < -0.4 is 10.6 Å². The third-order valence-electron chi connectivity index (χ3n) is 7.52. The highest BCUT2D eigenvalue weighted by Gasteiger charge is 2.38. The lowest BCUT2D eigenvalue weighted by Crippen LogP contribution is -2.49. The number of piperidine rings is 1. The molecule has 33 heavy (non-hydrogen) atoms. The van der Waals surface area contributed by atoms with Crippen molar-refractivity contribution in [2.24, 2.45) is 11.3 Å². The van der Waals surface area contributed by atoms with Gasteiger partial charge in [0.05, 0.1) is 0 Å². The van der Waals surface area contributed by atoms with Crippen molar-refractivity contribution in [3.05, 3.63) is 47.2 Å². The average Bonchev–Trinajstić information content (AvgIpc) is 3.04. The summed E-state index contributed by atoms with van der Waals surface area (Å²) in [7, 11) is 0. The number of hydrogen-bond acceptors (Lipinski definition) is 3. The second kappa shape index (κ2) is 9.61. The quantitative estimate of drug-likeness (QED) is 0.643. The van der Waals surface area contributed by atoms with E-state index in [9.17, 15) is 9.59 Å². The molecule has 4 rings (SSSR count). The minimum absolute atomic E-state index is 0.0163. The summed E-state index contributed by atoms with van der Waals surface area (Å²) < 4.78 is 0. The largest absolute Gasteiger partial charge is 0.329 e. The molecule has 2 N–H and O–H groups in total. The molecule has 2 heterocycles. The van der Waals surface area contributed by atoms with Gasteiger partial charge in [0.25, 0.3) is 5.91 Å². The molecule has 3 aliphatic rings. The van der Waals surface area contributed by atoms with Crippen LogP contribution in [0.5, 0.6) is 0 Å². The minimum Gasteiger partial charge on any atom is -0.329 e. The summed E-state index contributed by atoms with van der Waals surface area (Å²) in [5.74, 6) is 0.508. The normalized spacial score (nSPS) is 26.8. The van der Waals surface area contributed by atoms with Gasteiger partial charge in [0, 0.05) is 29.9 Å². The van der Waals surface area contributed by atoms with Gasteiger partial charge in [-0.25, -0.2) is 0 Å². The molecule has 1 aromatic rings. The Hall–Kier alpha value is -2.14. The van der Waals surface area contributed by atoms with Gasteiger partial charge < -0.3 is 15.5 Å². The van der Waals surface area contributed by atoms with Crippen LogP contribution in [0.1, 0.15) is 94.1 Å². The van der Waals surface area contributed by atoms with Crippen LogP contribution in [0.15, 0.2) is 30.5 Å². The Morgan fingerprint density at radius 1 is 1.18 bits per heavy atom. The zero-order chi connectivity index (χ0) is 23.8. The smallest absolute Gasteiger partial charge is 0.255 e. The summed E-state index contributed by atoms with van der Waals surface area (Å²) in [6.07, 6.45) is 8.72. The molecular weight excluding hydrogens is 410 g/mol. The second-order valence-electron chi connectivity index (χ2n) is 11.8. The lowest BCUT2D eigenvalue weighted by atomic mass is 9.79. The molecule has 1 aromatic carbocycles. The van der Waals surface area contributed by atoms with E-state index in [1.165, 1.54) is 37.7 Å². The highest BCUT2D eigenvalue weighted by Crippen LogP contribution is 2.32. The summed E-state index contributed by atoms with van der Waals surface area (Å²) >= 11 is 0. The molecule has 2 fully saturated rings. The molecule has 0 radical (unpaired) electrons. The van der Waals surface area contributed by atoms with Gasteiger partial charge >= 0.3 is 0 Å². The first-order valence-electron chi connectivity index (χ1n) is 12.8. The first-order chi connectivity index (χ1) is 15.6. The number of hydrogen-bond donors (Lipinski definition) is 2. The SMILES string of the molecule is C=C1CCC(N2Cc3cc(C[C@H]4CCCC[C@@H]4N[C@@H](C)CC(C)(C)C)ccc3C2=O)C(=O)N1. The van der Waals surface area contributed by atoms with E-state index in [-0.39, 0.29) is 11.8 Å². The number of benzene rings is 1. The number of nitrogens with zero attached hydrogens (tertiary/aromatic N) is 1. The number of amides is 2. The van der Waals surface area contributed by atoms with Crippen molar-refractivity contribution in [2.75, 3.05) is 0 Å². The summed E-state index contributed by atoms with van der Waals surface area (Å²) in [5.41, 5.74) is 4.21. The molecule has 1 saturated heterocycles.